The maximum Gasteiger partial charge on any atom is 0.417 e. The van der Waals surface area contributed by atoms with Crippen LogP contribution in [0.4, 0.5) is 17.6 Å². The Hall–Kier alpha value is -1.64. The Morgan fingerprint density at radius 3 is 2.18 bits per heavy atom. The predicted molar refractivity (Wildman–Crippen MR) is 70.8 cm³/mol. The third kappa shape index (κ3) is 4.97. The molecule has 0 heterocycles. The zero-order valence-corrected chi connectivity index (χ0v) is 12.9. The molecular weight excluding hydrogens is 326 g/mol. The van der Waals surface area contributed by atoms with Crippen molar-refractivity contribution in [2.45, 2.75) is 38.3 Å². The fourth-order valence-electron chi connectivity index (χ4n) is 1.68. The minimum absolute atomic E-state index is 0.0722. The number of nitrogens with one attached hydrogen (secondary N) is 1. The summed E-state index contributed by atoms with van der Waals surface area (Å²) >= 11 is 0. The zero-order valence-electron chi connectivity index (χ0n) is 12.1. The summed E-state index contributed by atoms with van der Waals surface area (Å²) < 4.78 is 76.9. The van der Waals surface area contributed by atoms with Crippen LogP contribution >= 0.6 is 0 Å². The lowest BCUT2D eigenvalue weighted by Crippen LogP contribution is -2.34. The Morgan fingerprint density at radius 1 is 1.18 bits per heavy atom. The number of rotatable bonds is 3. The molecule has 22 heavy (non-hydrogen) atoms. The van der Waals surface area contributed by atoms with Crippen LogP contribution in [0.3, 0.4) is 0 Å². The summed E-state index contributed by atoms with van der Waals surface area (Å²) in [5, 5.41) is 0. The van der Waals surface area contributed by atoms with Gasteiger partial charge in [-0.05, 0) is 23.6 Å². The van der Waals surface area contributed by atoms with Crippen molar-refractivity contribution in [2.75, 3.05) is 0 Å². The van der Waals surface area contributed by atoms with Crippen LogP contribution in [0.5, 0.6) is 0 Å². The van der Waals surface area contributed by atoms with Crippen LogP contribution in [-0.4, -0.2) is 14.3 Å². The Labute approximate surface area is 125 Å². The van der Waals surface area contributed by atoms with E-state index < -0.39 is 43.8 Å². The Morgan fingerprint density at radius 2 is 1.73 bits per heavy atom. The van der Waals surface area contributed by atoms with Crippen LogP contribution in [-0.2, 0) is 21.0 Å². The average molecular weight is 341 g/mol. The zero-order chi connectivity index (χ0) is 17.3. The quantitative estimate of drug-likeness (QED) is 0.860. The first kappa shape index (κ1) is 18.4. The van der Waals surface area contributed by atoms with Gasteiger partial charge in [0.1, 0.15) is 5.82 Å². The second kappa shape index (κ2) is 5.86. The number of carbonyl (C=O) groups excluding carboxylic acids is 1. The fraction of sp³-hybridized carbons (Fsp3) is 0.462. The molecule has 1 amide bonds. The Kier molecular flexibility index (Phi) is 4.91. The van der Waals surface area contributed by atoms with Gasteiger partial charge >= 0.3 is 6.18 Å². The van der Waals surface area contributed by atoms with E-state index >= 15 is 0 Å². The van der Waals surface area contributed by atoms with Gasteiger partial charge in [-0.15, -0.1) is 0 Å². The first-order valence-corrected chi connectivity index (χ1v) is 7.63. The van der Waals surface area contributed by atoms with Gasteiger partial charge in [-0.25, -0.2) is 17.5 Å². The van der Waals surface area contributed by atoms with Crippen LogP contribution in [0, 0.1) is 11.2 Å². The first-order valence-electron chi connectivity index (χ1n) is 6.15. The number of hydrogen-bond donors (Lipinski definition) is 1. The lowest BCUT2D eigenvalue weighted by atomic mass is 9.92. The van der Waals surface area contributed by atoms with Gasteiger partial charge < -0.3 is 0 Å². The van der Waals surface area contributed by atoms with E-state index in [0.29, 0.717) is 12.1 Å². The van der Waals surface area contributed by atoms with Crippen molar-refractivity contribution >= 4 is 15.9 Å². The van der Waals surface area contributed by atoms with E-state index in [4.69, 9.17) is 0 Å². The number of carbonyl (C=O) groups is 1. The molecule has 0 aliphatic rings. The maximum absolute atomic E-state index is 13.0. The summed E-state index contributed by atoms with van der Waals surface area (Å²) in [4.78, 5) is 10.4. The Balaban J connectivity index is 3.22. The van der Waals surface area contributed by atoms with Gasteiger partial charge in [-0.2, -0.15) is 13.2 Å². The van der Waals surface area contributed by atoms with Crippen molar-refractivity contribution in [3.05, 3.63) is 29.6 Å². The predicted octanol–water partition coefficient (Wildman–Crippen LogP) is 3.09. The van der Waals surface area contributed by atoms with Crippen molar-refractivity contribution < 1.29 is 30.8 Å². The highest BCUT2D eigenvalue weighted by atomic mass is 32.2. The average Bonchev–Trinajstić information content (AvgIpc) is 2.23. The van der Waals surface area contributed by atoms with Gasteiger partial charge in [0.25, 0.3) is 10.0 Å². The van der Waals surface area contributed by atoms with E-state index in [0.717, 1.165) is 0 Å². The third-order valence-electron chi connectivity index (χ3n) is 2.48. The summed E-state index contributed by atoms with van der Waals surface area (Å²) in [5.74, 6) is -2.17. The smallest absolute Gasteiger partial charge is 0.274 e. The molecule has 9 heteroatoms. The fourth-order valence-corrected chi connectivity index (χ4v) is 2.87. The van der Waals surface area contributed by atoms with Gasteiger partial charge in [-0.1, -0.05) is 20.8 Å². The minimum atomic E-state index is -5.07. The van der Waals surface area contributed by atoms with Crippen LogP contribution < -0.4 is 4.72 Å². The molecule has 1 aromatic carbocycles. The second-order valence-electron chi connectivity index (χ2n) is 5.90. The second-order valence-corrected chi connectivity index (χ2v) is 7.56. The molecule has 0 saturated heterocycles. The third-order valence-corrected chi connectivity index (χ3v) is 3.91. The van der Waals surface area contributed by atoms with Crippen LogP contribution in [0.1, 0.15) is 32.8 Å². The molecular formula is C13H15F4NO3S. The molecule has 124 valence electrons. The number of hydrogen-bond acceptors (Lipinski definition) is 3. The van der Waals surface area contributed by atoms with E-state index in [1.54, 1.807) is 25.5 Å². The van der Waals surface area contributed by atoms with E-state index in [1.807, 2.05) is 0 Å². The molecule has 0 radical (unpaired) electrons. The monoisotopic (exact) mass is 341 g/mol. The molecule has 0 bridgehead atoms. The lowest BCUT2D eigenvalue weighted by Gasteiger charge is -2.18. The van der Waals surface area contributed by atoms with E-state index in [9.17, 15) is 30.8 Å². The lowest BCUT2D eigenvalue weighted by molar-refractivity contribution is -0.140. The Bertz CT molecular complexity index is 676. The van der Waals surface area contributed by atoms with Crippen molar-refractivity contribution in [1.82, 2.24) is 4.72 Å². The van der Waals surface area contributed by atoms with Crippen molar-refractivity contribution in [3.8, 4) is 0 Å². The normalized spacial score (nSPS) is 13.0. The van der Waals surface area contributed by atoms with Crippen LogP contribution in [0.2, 0.25) is 0 Å². The van der Waals surface area contributed by atoms with Gasteiger partial charge in [0.2, 0.25) is 5.91 Å². The molecule has 1 N–H and O–H groups in total. The maximum atomic E-state index is 13.0. The molecule has 0 aromatic heterocycles. The summed E-state index contributed by atoms with van der Waals surface area (Å²) in [6.45, 7) is 4.99. The number of benzene rings is 1. The largest absolute Gasteiger partial charge is 0.417 e. The highest BCUT2D eigenvalue weighted by molar-refractivity contribution is 7.90. The van der Waals surface area contributed by atoms with E-state index in [2.05, 4.69) is 0 Å². The SMILES string of the molecule is CC(C)(C)CC(=O)NS(=O)(=O)c1ccc(F)cc1C(F)(F)F. The molecule has 1 aromatic rings. The highest BCUT2D eigenvalue weighted by Gasteiger charge is 2.38. The molecule has 0 unspecified atom stereocenters. The topological polar surface area (TPSA) is 63.2 Å². The summed E-state index contributed by atoms with van der Waals surface area (Å²) in [7, 11) is -4.75. The molecule has 0 aliphatic heterocycles. The molecule has 0 spiro atoms. The van der Waals surface area contributed by atoms with Gasteiger partial charge in [0.05, 0.1) is 10.5 Å². The van der Waals surface area contributed by atoms with Crippen molar-refractivity contribution in [2.24, 2.45) is 5.41 Å². The molecule has 4 nitrogen and oxygen atoms in total. The van der Waals surface area contributed by atoms with Gasteiger partial charge in [0, 0.05) is 6.42 Å². The summed E-state index contributed by atoms with van der Waals surface area (Å²) in [6.07, 6.45) is -5.27. The number of halogens is 4. The number of amides is 1. The molecule has 0 aliphatic carbocycles. The standard InChI is InChI=1S/C13H15F4NO3S/c1-12(2,3)7-11(19)18-22(20,21)10-5-4-8(14)6-9(10)13(15,16)17/h4-6H,7H2,1-3H3,(H,18,19). The van der Waals surface area contributed by atoms with Crippen LogP contribution in [0.15, 0.2) is 23.1 Å². The van der Waals surface area contributed by atoms with Crippen LogP contribution in [0.25, 0.3) is 0 Å². The highest BCUT2D eigenvalue weighted by Crippen LogP contribution is 2.34. The van der Waals surface area contributed by atoms with E-state index in [-0.39, 0.29) is 12.5 Å². The minimum Gasteiger partial charge on any atom is -0.274 e. The molecule has 0 fully saturated rings. The number of sulfonamides is 1. The summed E-state index contributed by atoms with van der Waals surface area (Å²) in [6, 6.07) is 1.13. The first-order chi connectivity index (χ1) is 9.72. The molecule has 1 rings (SSSR count). The van der Waals surface area contributed by atoms with Crippen molar-refractivity contribution in [3.63, 3.8) is 0 Å². The van der Waals surface area contributed by atoms with E-state index in [1.165, 1.54) is 0 Å². The molecule has 0 atom stereocenters. The van der Waals surface area contributed by atoms with Crippen molar-refractivity contribution in [1.29, 1.82) is 0 Å². The molecule has 0 saturated carbocycles. The number of alkyl halides is 3. The summed E-state index contributed by atoms with van der Waals surface area (Å²) in [5.41, 5.74) is -2.21. The van der Waals surface area contributed by atoms with Gasteiger partial charge in [0.15, 0.2) is 0 Å². The van der Waals surface area contributed by atoms with Gasteiger partial charge in [-0.3, -0.25) is 4.79 Å².